The average Bonchev–Trinajstić information content (AvgIpc) is 2.23. The van der Waals surface area contributed by atoms with Gasteiger partial charge in [-0.2, -0.15) is 0 Å². The minimum absolute atomic E-state index is 0.0894. The molecule has 1 atom stereocenters. The van der Waals surface area contributed by atoms with Crippen molar-refractivity contribution in [2.75, 3.05) is 13.1 Å². The topological polar surface area (TPSA) is 55.1 Å². The van der Waals surface area contributed by atoms with Gasteiger partial charge in [0, 0.05) is 19.4 Å². The summed E-state index contributed by atoms with van der Waals surface area (Å²) in [6.45, 7) is 7.85. The Hall–Kier alpha value is -1.01. The van der Waals surface area contributed by atoms with Crippen molar-refractivity contribution in [3.8, 4) is 12.3 Å². The summed E-state index contributed by atoms with van der Waals surface area (Å²) < 4.78 is 0. The smallest absolute Gasteiger partial charge is 0.220 e. The Morgan fingerprint density at radius 3 is 2.53 bits per heavy atom. The number of carbonyl (C=O) groups excluding carboxylic acids is 1. The van der Waals surface area contributed by atoms with Gasteiger partial charge in [-0.05, 0) is 30.7 Å². The highest BCUT2D eigenvalue weighted by atomic mass is 16.1. The fraction of sp³-hybridized carbons (Fsp3) is 0.786. The van der Waals surface area contributed by atoms with Crippen LogP contribution in [0.5, 0.6) is 0 Å². The van der Waals surface area contributed by atoms with E-state index in [1.165, 1.54) is 0 Å². The first-order valence-electron chi connectivity index (χ1n) is 6.32. The molecule has 0 aliphatic rings. The molecule has 3 heteroatoms. The first-order valence-corrected chi connectivity index (χ1v) is 6.32. The molecule has 0 saturated carbocycles. The zero-order chi connectivity index (χ0) is 13.3. The quantitative estimate of drug-likeness (QED) is 0.526. The third-order valence-electron chi connectivity index (χ3n) is 3.05. The molecule has 0 heterocycles. The van der Waals surface area contributed by atoms with Gasteiger partial charge in [-0.25, -0.2) is 0 Å². The Bertz CT molecular complexity index is 260. The van der Waals surface area contributed by atoms with Crippen molar-refractivity contribution in [1.82, 2.24) is 5.32 Å². The largest absolute Gasteiger partial charge is 0.355 e. The van der Waals surface area contributed by atoms with Gasteiger partial charge in [0.1, 0.15) is 0 Å². The van der Waals surface area contributed by atoms with E-state index in [1.807, 2.05) is 0 Å². The molecule has 17 heavy (non-hydrogen) atoms. The monoisotopic (exact) mass is 238 g/mol. The molecule has 0 bridgehead atoms. The number of hydrogen-bond donors (Lipinski definition) is 2. The maximum Gasteiger partial charge on any atom is 0.220 e. The highest BCUT2D eigenvalue weighted by Gasteiger charge is 2.24. The van der Waals surface area contributed by atoms with Crippen LogP contribution in [0, 0.1) is 23.7 Å². The Morgan fingerprint density at radius 2 is 2.06 bits per heavy atom. The summed E-state index contributed by atoms with van der Waals surface area (Å²) in [5.41, 5.74) is 5.81. The van der Waals surface area contributed by atoms with E-state index in [2.05, 4.69) is 32.0 Å². The molecule has 1 unspecified atom stereocenters. The third-order valence-corrected chi connectivity index (χ3v) is 3.05. The molecule has 0 spiro atoms. The van der Waals surface area contributed by atoms with Crippen molar-refractivity contribution in [3.63, 3.8) is 0 Å². The molecule has 0 saturated heterocycles. The molecule has 0 aromatic carbocycles. The molecule has 3 nitrogen and oxygen atoms in total. The molecule has 3 N–H and O–H groups in total. The van der Waals surface area contributed by atoms with Crippen LogP contribution in [0.15, 0.2) is 0 Å². The third kappa shape index (κ3) is 7.82. The van der Waals surface area contributed by atoms with Crippen LogP contribution in [0.2, 0.25) is 0 Å². The summed E-state index contributed by atoms with van der Waals surface area (Å²) in [5.74, 6) is 3.08. The van der Waals surface area contributed by atoms with Crippen molar-refractivity contribution in [2.24, 2.45) is 17.1 Å². The number of carbonyl (C=O) groups is 1. The van der Waals surface area contributed by atoms with Gasteiger partial charge in [0.05, 0.1) is 0 Å². The van der Waals surface area contributed by atoms with E-state index >= 15 is 0 Å². The number of amides is 1. The van der Waals surface area contributed by atoms with Gasteiger partial charge in [-0.15, -0.1) is 12.3 Å². The van der Waals surface area contributed by atoms with Crippen LogP contribution in [-0.4, -0.2) is 19.0 Å². The number of hydrogen-bond acceptors (Lipinski definition) is 2. The summed E-state index contributed by atoms with van der Waals surface area (Å²) in [6, 6.07) is 0. The zero-order valence-corrected chi connectivity index (χ0v) is 11.4. The minimum atomic E-state index is 0.0894. The molecular weight excluding hydrogens is 212 g/mol. The van der Waals surface area contributed by atoms with Crippen LogP contribution in [-0.2, 0) is 4.79 Å². The van der Waals surface area contributed by atoms with Gasteiger partial charge < -0.3 is 11.1 Å². The fourth-order valence-electron chi connectivity index (χ4n) is 1.88. The summed E-state index contributed by atoms with van der Waals surface area (Å²) in [4.78, 5) is 11.5. The minimum Gasteiger partial charge on any atom is -0.355 e. The predicted octanol–water partition coefficient (Wildman–Crippen LogP) is 1.92. The van der Waals surface area contributed by atoms with Crippen molar-refractivity contribution in [3.05, 3.63) is 0 Å². The average molecular weight is 238 g/mol. The van der Waals surface area contributed by atoms with Crippen LogP contribution >= 0.6 is 0 Å². The summed E-state index contributed by atoms with van der Waals surface area (Å²) >= 11 is 0. The van der Waals surface area contributed by atoms with Crippen LogP contribution < -0.4 is 11.1 Å². The molecule has 0 fully saturated rings. The lowest BCUT2D eigenvalue weighted by Gasteiger charge is -2.30. The Morgan fingerprint density at radius 1 is 1.41 bits per heavy atom. The zero-order valence-electron chi connectivity index (χ0n) is 11.4. The van der Waals surface area contributed by atoms with Gasteiger partial charge in [0.15, 0.2) is 0 Å². The van der Waals surface area contributed by atoms with Gasteiger partial charge in [-0.1, -0.05) is 20.8 Å². The SMILES string of the molecule is C#CCCNC(=O)CCC(CCN)C(C)(C)C. The number of nitrogens with two attached hydrogens (primary N) is 1. The molecular formula is C14H26N2O. The lowest BCUT2D eigenvalue weighted by molar-refractivity contribution is -0.121. The van der Waals surface area contributed by atoms with E-state index in [-0.39, 0.29) is 11.3 Å². The second-order valence-corrected chi connectivity index (χ2v) is 5.48. The molecule has 0 rings (SSSR count). The summed E-state index contributed by atoms with van der Waals surface area (Å²) in [6.07, 6.45) is 8.14. The number of rotatable bonds is 7. The first kappa shape index (κ1) is 16.0. The molecule has 0 aliphatic carbocycles. The Balaban J connectivity index is 3.97. The van der Waals surface area contributed by atoms with E-state index < -0.39 is 0 Å². The Labute approximate surface area is 106 Å². The fourth-order valence-corrected chi connectivity index (χ4v) is 1.88. The maximum absolute atomic E-state index is 11.5. The van der Waals surface area contributed by atoms with E-state index in [0.29, 0.717) is 31.8 Å². The van der Waals surface area contributed by atoms with Crippen molar-refractivity contribution < 1.29 is 4.79 Å². The number of terminal acetylenes is 1. The van der Waals surface area contributed by atoms with E-state index in [0.717, 1.165) is 12.8 Å². The predicted molar refractivity (Wildman–Crippen MR) is 72.3 cm³/mol. The van der Waals surface area contributed by atoms with E-state index in [1.54, 1.807) is 0 Å². The van der Waals surface area contributed by atoms with Gasteiger partial charge >= 0.3 is 0 Å². The normalized spacial score (nSPS) is 12.9. The van der Waals surface area contributed by atoms with Crippen molar-refractivity contribution >= 4 is 5.91 Å². The standard InChI is InChI=1S/C14H26N2O/c1-5-6-11-16-13(17)8-7-12(9-10-15)14(2,3)4/h1,12H,6-11,15H2,2-4H3,(H,16,17). The van der Waals surface area contributed by atoms with Crippen molar-refractivity contribution in [1.29, 1.82) is 0 Å². The van der Waals surface area contributed by atoms with Crippen molar-refractivity contribution in [2.45, 2.75) is 46.5 Å². The van der Waals surface area contributed by atoms with Gasteiger partial charge in [0.2, 0.25) is 5.91 Å². The highest BCUT2D eigenvalue weighted by Crippen LogP contribution is 2.31. The first-order chi connectivity index (χ1) is 7.91. The molecule has 0 radical (unpaired) electrons. The van der Waals surface area contributed by atoms with Crippen LogP contribution in [0.4, 0.5) is 0 Å². The number of nitrogens with one attached hydrogen (secondary N) is 1. The highest BCUT2D eigenvalue weighted by molar-refractivity contribution is 5.75. The molecule has 0 aromatic rings. The lowest BCUT2D eigenvalue weighted by Crippen LogP contribution is -2.28. The lowest BCUT2D eigenvalue weighted by atomic mass is 9.76. The van der Waals surface area contributed by atoms with Crippen LogP contribution in [0.3, 0.4) is 0 Å². The van der Waals surface area contributed by atoms with Crippen LogP contribution in [0.25, 0.3) is 0 Å². The summed E-state index contributed by atoms with van der Waals surface area (Å²) in [5, 5.41) is 2.82. The molecule has 0 aliphatic heterocycles. The molecule has 1 amide bonds. The molecule has 0 aromatic heterocycles. The maximum atomic E-state index is 11.5. The van der Waals surface area contributed by atoms with Gasteiger partial charge in [0.25, 0.3) is 0 Å². The molecule has 98 valence electrons. The van der Waals surface area contributed by atoms with Crippen LogP contribution in [0.1, 0.15) is 46.5 Å². The van der Waals surface area contributed by atoms with E-state index in [9.17, 15) is 4.79 Å². The summed E-state index contributed by atoms with van der Waals surface area (Å²) in [7, 11) is 0. The van der Waals surface area contributed by atoms with E-state index in [4.69, 9.17) is 12.2 Å². The second kappa shape index (κ2) is 8.14. The second-order valence-electron chi connectivity index (χ2n) is 5.48. The Kier molecular flexibility index (Phi) is 7.65. The van der Waals surface area contributed by atoms with Gasteiger partial charge in [-0.3, -0.25) is 4.79 Å².